The van der Waals surface area contributed by atoms with E-state index >= 15 is 0 Å². The number of benzene rings is 3. The quantitative estimate of drug-likeness (QED) is 0.673. The van der Waals surface area contributed by atoms with E-state index in [4.69, 9.17) is 4.74 Å². The van der Waals surface area contributed by atoms with Gasteiger partial charge in [0.2, 0.25) is 0 Å². The molecule has 0 unspecified atom stereocenters. The van der Waals surface area contributed by atoms with Crippen LogP contribution in [0.3, 0.4) is 0 Å². The predicted octanol–water partition coefficient (Wildman–Crippen LogP) is 4.95. The van der Waals surface area contributed by atoms with Gasteiger partial charge in [-0.2, -0.15) is 0 Å². The van der Waals surface area contributed by atoms with Crippen molar-refractivity contribution in [3.8, 4) is 5.75 Å². The van der Waals surface area contributed by atoms with E-state index in [0.717, 1.165) is 22.4 Å². The number of carbonyl (C=O) groups excluding carboxylic acids is 1. The van der Waals surface area contributed by atoms with Crippen molar-refractivity contribution in [1.82, 2.24) is 5.32 Å². The number of ether oxygens (including phenoxy) is 1. The lowest BCUT2D eigenvalue weighted by Gasteiger charge is -2.09. The van der Waals surface area contributed by atoms with E-state index in [2.05, 4.69) is 5.32 Å². The Bertz CT molecular complexity index is 918. The zero-order chi connectivity index (χ0) is 19.2. The average molecular weight is 363 g/mol. The lowest BCUT2D eigenvalue weighted by molar-refractivity contribution is 0.0951. The van der Waals surface area contributed by atoms with Gasteiger partial charge in [-0.05, 0) is 72.5 Å². The molecule has 3 aromatic carbocycles. The molecule has 3 nitrogen and oxygen atoms in total. The molecule has 0 aliphatic carbocycles. The molecule has 0 saturated heterocycles. The van der Waals surface area contributed by atoms with Gasteiger partial charge in [-0.25, -0.2) is 4.39 Å². The zero-order valence-electron chi connectivity index (χ0n) is 15.5. The Morgan fingerprint density at radius 3 is 2.22 bits per heavy atom. The molecule has 0 spiro atoms. The molecule has 0 saturated carbocycles. The molecule has 0 atom stereocenters. The van der Waals surface area contributed by atoms with Gasteiger partial charge in [0.05, 0.1) is 0 Å². The first kappa shape index (κ1) is 18.6. The number of halogens is 1. The molecule has 0 aliphatic heterocycles. The van der Waals surface area contributed by atoms with Crippen LogP contribution in [0.2, 0.25) is 0 Å². The molecule has 0 aliphatic rings. The van der Waals surface area contributed by atoms with Gasteiger partial charge in [0.15, 0.2) is 0 Å². The molecule has 1 N–H and O–H groups in total. The molecule has 0 aromatic heterocycles. The van der Waals surface area contributed by atoms with Crippen LogP contribution in [0.5, 0.6) is 5.75 Å². The van der Waals surface area contributed by atoms with E-state index in [1.165, 1.54) is 17.7 Å². The number of nitrogens with one attached hydrogen (secondary N) is 1. The van der Waals surface area contributed by atoms with Crippen LogP contribution in [-0.4, -0.2) is 5.91 Å². The van der Waals surface area contributed by atoms with E-state index in [1.807, 2.05) is 56.3 Å². The minimum atomic E-state index is -0.258. The molecule has 0 radical (unpaired) electrons. The standard InChI is InChI=1S/C23H22FNO2/c1-16-3-8-20(13-17(16)2)23(26)25-14-18-6-11-22(12-7-18)27-15-19-4-9-21(24)10-5-19/h3-13H,14-15H2,1-2H3,(H,25,26). The van der Waals surface area contributed by atoms with Gasteiger partial charge in [-0.3, -0.25) is 4.79 Å². The minimum Gasteiger partial charge on any atom is -0.489 e. The summed E-state index contributed by atoms with van der Waals surface area (Å²) in [6.07, 6.45) is 0. The molecule has 0 fully saturated rings. The molecule has 0 heterocycles. The van der Waals surface area contributed by atoms with Gasteiger partial charge in [-0.15, -0.1) is 0 Å². The normalized spacial score (nSPS) is 10.5. The maximum atomic E-state index is 12.9. The largest absolute Gasteiger partial charge is 0.489 e. The molecule has 1 amide bonds. The van der Waals surface area contributed by atoms with Gasteiger partial charge in [0.1, 0.15) is 18.2 Å². The van der Waals surface area contributed by atoms with Crippen LogP contribution in [0.25, 0.3) is 0 Å². The molecule has 27 heavy (non-hydrogen) atoms. The van der Waals surface area contributed by atoms with E-state index < -0.39 is 0 Å². The van der Waals surface area contributed by atoms with Gasteiger partial charge in [-0.1, -0.05) is 30.3 Å². The van der Waals surface area contributed by atoms with Crippen molar-refractivity contribution in [2.75, 3.05) is 0 Å². The van der Waals surface area contributed by atoms with Crippen molar-refractivity contribution in [2.24, 2.45) is 0 Å². The first-order valence-corrected chi connectivity index (χ1v) is 8.83. The number of hydrogen-bond acceptors (Lipinski definition) is 2. The first-order valence-electron chi connectivity index (χ1n) is 8.83. The number of rotatable bonds is 6. The third-order valence-corrected chi connectivity index (χ3v) is 4.46. The van der Waals surface area contributed by atoms with Crippen molar-refractivity contribution >= 4 is 5.91 Å². The summed E-state index contributed by atoms with van der Waals surface area (Å²) in [5, 5.41) is 2.93. The summed E-state index contributed by atoms with van der Waals surface area (Å²) in [6.45, 7) is 4.85. The van der Waals surface area contributed by atoms with Crippen LogP contribution in [-0.2, 0) is 13.2 Å². The second-order valence-corrected chi connectivity index (χ2v) is 6.54. The Labute approximate surface area is 158 Å². The molecular formula is C23H22FNO2. The van der Waals surface area contributed by atoms with Crippen molar-refractivity contribution in [3.63, 3.8) is 0 Å². The van der Waals surface area contributed by atoms with E-state index in [1.54, 1.807) is 12.1 Å². The van der Waals surface area contributed by atoms with Crippen LogP contribution >= 0.6 is 0 Å². The highest BCUT2D eigenvalue weighted by Gasteiger charge is 2.06. The maximum Gasteiger partial charge on any atom is 0.251 e. The number of aryl methyl sites for hydroxylation is 2. The number of hydrogen-bond donors (Lipinski definition) is 1. The summed E-state index contributed by atoms with van der Waals surface area (Å²) >= 11 is 0. The third-order valence-electron chi connectivity index (χ3n) is 4.46. The summed E-state index contributed by atoms with van der Waals surface area (Å²) in [4.78, 5) is 12.3. The topological polar surface area (TPSA) is 38.3 Å². The van der Waals surface area contributed by atoms with Crippen LogP contribution in [0.15, 0.2) is 66.7 Å². The molecule has 3 aromatic rings. The fourth-order valence-electron chi connectivity index (χ4n) is 2.62. The smallest absolute Gasteiger partial charge is 0.251 e. The van der Waals surface area contributed by atoms with Gasteiger partial charge in [0, 0.05) is 12.1 Å². The van der Waals surface area contributed by atoms with Crippen LogP contribution in [0.1, 0.15) is 32.6 Å². The van der Waals surface area contributed by atoms with E-state index in [-0.39, 0.29) is 11.7 Å². The van der Waals surface area contributed by atoms with E-state index in [0.29, 0.717) is 18.7 Å². The number of amides is 1. The summed E-state index contributed by atoms with van der Waals surface area (Å²) in [5.74, 6) is 0.379. The second kappa shape index (κ2) is 8.49. The molecule has 4 heteroatoms. The van der Waals surface area contributed by atoms with Crippen molar-refractivity contribution < 1.29 is 13.9 Å². The van der Waals surface area contributed by atoms with Crippen LogP contribution in [0.4, 0.5) is 4.39 Å². The lowest BCUT2D eigenvalue weighted by Crippen LogP contribution is -2.22. The Morgan fingerprint density at radius 1 is 0.889 bits per heavy atom. The lowest BCUT2D eigenvalue weighted by atomic mass is 10.1. The fraction of sp³-hybridized carbons (Fsp3) is 0.174. The third kappa shape index (κ3) is 5.17. The van der Waals surface area contributed by atoms with Crippen molar-refractivity contribution in [2.45, 2.75) is 27.0 Å². The van der Waals surface area contributed by atoms with Crippen LogP contribution in [0, 0.1) is 19.7 Å². The highest BCUT2D eigenvalue weighted by atomic mass is 19.1. The molecule has 0 bridgehead atoms. The minimum absolute atomic E-state index is 0.0882. The van der Waals surface area contributed by atoms with Crippen molar-refractivity contribution in [1.29, 1.82) is 0 Å². The van der Waals surface area contributed by atoms with Gasteiger partial charge < -0.3 is 10.1 Å². The monoisotopic (exact) mass is 363 g/mol. The Kier molecular flexibility index (Phi) is 5.87. The SMILES string of the molecule is Cc1ccc(C(=O)NCc2ccc(OCc3ccc(F)cc3)cc2)cc1C. The predicted molar refractivity (Wildman–Crippen MR) is 104 cm³/mol. The fourth-order valence-corrected chi connectivity index (χ4v) is 2.62. The van der Waals surface area contributed by atoms with Crippen molar-refractivity contribution in [3.05, 3.63) is 100 Å². The molecule has 3 rings (SSSR count). The number of carbonyl (C=O) groups is 1. The highest BCUT2D eigenvalue weighted by Crippen LogP contribution is 2.15. The van der Waals surface area contributed by atoms with E-state index in [9.17, 15) is 9.18 Å². The maximum absolute atomic E-state index is 12.9. The Balaban J connectivity index is 1.51. The van der Waals surface area contributed by atoms with Gasteiger partial charge >= 0.3 is 0 Å². The van der Waals surface area contributed by atoms with Crippen LogP contribution < -0.4 is 10.1 Å². The Hall–Kier alpha value is -3.14. The Morgan fingerprint density at radius 2 is 1.56 bits per heavy atom. The summed E-state index contributed by atoms with van der Waals surface area (Å²) in [5.41, 5.74) is 4.83. The second-order valence-electron chi connectivity index (χ2n) is 6.54. The summed E-state index contributed by atoms with van der Waals surface area (Å²) in [6, 6.07) is 19.5. The molecular weight excluding hydrogens is 341 g/mol. The summed E-state index contributed by atoms with van der Waals surface area (Å²) in [7, 11) is 0. The van der Waals surface area contributed by atoms with Gasteiger partial charge in [0.25, 0.3) is 5.91 Å². The highest BCUT2D eigenvalue weighted by molar-refractivity contribution is 5.94. The zero-order valence-corrected chi connectivity index (χ0v) is 15.5. The summed E-state index contributed by atoms with van der Waals surface area (Å²) < 4.78 is 18.6. The average Bonchev–Trinajstić information content (AvgIpc) is 2.68. The molecule has 138 valence electrons. The first-order chi connectivity index (χ1) is 13.0.